The van der Waals surface area contributed by atoms with Crippen molar-refractivity contribution in [3.8, 4) is 34.0 Å². The van der Waals surface area contributed by atoms with E-state index in [0.717, 1.165) is 11.1 Å². The molecule has 4 heterocycles. The van der Waals surface area contributed by atoms with E-state index in [0.29, 0.717) is 35.0 Å². The first kappa shape index (κ1) is 20.3. The summed E-state index contributed by atoms with van der Waals surface area (Å²) in [4.78, 5) is 8.42. The van der Waals surface area contributed by atoms with Gasteiger partial charge in [-0.3, -0.25) is 5.32 Å². The summed E-state index contributed by atoms with van der Waals surface area (Å²) in [6, 6.07) is 9.03. The van der Waals surface area contributed by atoms with Gasteiger partial charge >= 0.3 is 0 Å². The second kappa shape index (κ2) is 7.80. The molecule has 0 radical (unpaired) electrons. The van der Waals surface area contributed by atoms with E-state index >= 15 is 0 Å². The van der Waals surface area contributed by atoms with Crippen LogP contribution in [0.5, 0.6) is 11.6 Å². The van der Waals surface area contributed by atoms with Crippen molar-refractivity contribution in [1.82, 2.24) is 25.5 Å². The minimum Gasteiger partial charge on any atom is -0.507 e. The van der Waals surface area contributed by atoms with Gasteiger partial charge in [0.1, 0.15) is 17.6 Å². The largest absolute Gasteiger partial charge is 0.507 e. The number of rotatable bonds is 4. The molecule has 8 heteroatoms. The van der Waals surface area contributed by atoms with Crippen LogP contribution >= 0.6 is 0 Å². The van der Waals surface area contributed by atoms with E-state index in [2.05, 4.69) is 25.5 Å². The molecule has 5 rings (SSSR count). The average molecular weight is 431 g/mol. The first-order chi connectivity index (χ1) is 15.4. The van der Waals surface area contributed by atoms with Gasteiger partial charge in [-0.25, -0.2) is 14.4 Å². The fraction of sp³-hybridized carbons (Fsp3) is 0.250. The maximum atomic E-state index is 14.9. The maximum Gasteiger partial charge on any atom is 0.213 e. The van der Waals surface area contributed by atoms with Gasteiger partial charge in [-0.1, -0.05) is 18.2 Å². The van der Waals surface area contributed by atoms with Gasteiger partial charge in [0.2, 0.25) is 5.88 Å². The van der Waals surface area contributed by atoms with Crippen LogP contribution in [0.25, 0.3) is 28.5 Å². The molecule has 2 aliphatic heterocycles. The molecular formula is C24H22FN5O2. The highest BCUT2D eigenvalue weighted by atomic mass is 19.1. The molecule has 2 aromatic heterocycles. The van der Waals surface area contributed by atoms with E-state index in [9.17, 15) is 9.50 Å². The monoisotopic (exact) mass is 431 g/mol. The lowest BCUT2D eigenvalue weighted by Crippen LogP contribution is -2.53. The van der Waals surface area contributed by atoms with E-state index in [4.69, 9.17) is 4.74 Å². The molecule has 1 fully saturated rings. The molecule has 1 saturated heterocycles. The summed E-state index contributed by atoms with van der Waals surface area (Å²) < 4.78 is 20.1. The number of pyridine rings is 1. The van der Waals surface area contributed by atoms with Crippen molar-refractivity contribution in [1.29, 1.82) is 0 Å². The molecule has 3 aromatic rings. The minimum absolute atomic E-state index is 0.0539. The Morgan fingerprint density at radius 3 is 2.78 bits per heavy atom. The first-order valence-electron chi connectivity index (χ1n) is 10.3. The predicted molar refractivity (Wildman–Crippen MR) is 119 cm³/mol. The Bertz CT molecular complexity index is 1230. The topological polar surface area (TPSA) is 93.0 Å². The van der Waals surface area contributed by atoms with Gasteiger partial charge in [-0.2, -0.15) is 0 Å². The Hall–Kier alpha value is -3.65. The smallest absolute Gasteiger partial charge is 0.213 e. The van der Waals surface area contributed by atoms with Crippen LogP contribution in [0.2, 0.25) is 0 Å². The third-order valence-electron chi connectivity index (χ3n) is 5.92. The molecule has 1 aromatic carbocycles. The molecule has 2 N–H and O–H groups in total. The highest BCUT2D eigenvalue weighted by Crippen LogP contribution is 2.37. The Kier molecular flexibility index (Phi) is 4.94. The molecule has 7 nitrogen and oxygen atoms in total. The van der Waals surface area contributed by atoms with Crippen molar-refractivity contribution in [3.63, 3.8) is 0 Å². The zero-order valence-corrected chi connectivity index (χ0v) is 17.7. The molecule has 32 heavy (non-hydrogen) atoms. The van der Waals surface area contributed by atoms with Crippen LogP contribution in [0.3, 0.4) is 0 Å². The number of phenolic OH excluding ortho intramolecular Hbond substituents is 1. The number of benzene rings is 1. The van der Waals surface area contributed by atoms with E-state index < -0.39 is 11.7 Å². The van der Waals surface area contributed by atoms with Gasteiger partial charge in [0.05, 0.1) is 18.8 Å². The van der Waals surface area contributed by atoms with Crippen molar-refractivity contribution in [2.24, 2.45) is 0 Å². The van der Waals surface area contributed by atoms with Crippen LogP contribution in [-0.4, -0.2) is 50.1 Å². The lowest BCUT2D eigenvalue weighted by Gasteiger charge is -2.36. The van der Waals surface area contributed by atoms with E-state index in [1.54, 1.807) is 37.6 Å². The number of fused-ring (bicyclic) bond motifs is 2. The molecule has 0 saturated carbocycles. The molecule has 0 amide bonds. The highest BCUT2D eigenvalue weighted by molar-refractivity contribution is 5.74. The van der Waals surface area contributed by atoms with Crippen molar-refractivity contribution in [2.45, 2.75) is 31.1 Å². The fourth-order valence-corrected chi connectivity index (χ4v) is 4.23. The van der Waals surface area contributed by atoms with Gasteiger partial charge in [0.15, 0.2) is 5.82 Å². The number of hydrogen-bond acceptors (Lipinski definition) is 7. The molecule has 162 valence electrons. The van der Waals surface area contributed by atoms with Crippen molar-refractivity contribution in [2.75, 3.05) is 7.11 Å². The van der Waals surface area contributed by atoms with E-state index in [1.165, 1.54) is 6.20 Å². The highest BCUT2D eigenvalue weighted by Gasteiger charge is 2.44. The quantitative estimate of drug-likeness (QED) is 0.608. The third kappa shape index (κ3) is 3.62. The molecule has 2 aliphatic rings. The van der Waals surface area contributed by atoms with Crippen LogP contribution in [0.1, 0.15) is 19.2 Å². The van der Waals surface area contributed by atoms with Gasteiger partial charge in [0, 0.05) is 23.9 Å². The number of phenols is 1. The normalized spacial score (nSPS) is 25.3. The fourth-order valence-electron chi connectivity index (χ4n) is 4.23. The summed E-state index contributed by atoms with van der Waals surface area (Å²) >= 11 is 0. The summed E-state index contributed by atoms with van der Waals surface area (Å²) in [5, 5.41) is 22.2. The van der Waals surface area contributed by atoms with Crippen LogP contribution in [0, 0.1) is 0 Å². The van der Waals surface area contributed by atoms with Crippen LogP contribution in [-0.2, 0) is 0 Å². The average Bonchev–Trinajstić information content (AvgIpc) is 3.15. The summed E-state index contributed by atoms with van der Waals surface area (Å²) in [5.74, 6) is 0.891. The first-order valence-corrected chi connectivity index (χ1v) is 10.3. The Labute approximate surface area is 184 Å². The van der Waals surface area contributed by atoms with Gasteiger partial charge in [-0.05, 0) is 54.3 Å². The maximum absolute atomic E-state index is 14.9. The van der Waals surface area contributed by atoms with Gasteiger partial charge in [0.25, 0.3) is 0 Å². The number of methoxy groups -OCH3 is 1. The molecular weight excluding hydrogens is 409 g/mol. The number of ether oxygens (including phenoxy) is 1. The zero-order valence-electron chi connectivity index (χ0n) is 17.7. The Morgan fingerprint density at radius 1 is 1.19 bits per heavy atom. The van der Waals surface area contributed by atoms with Crippen LogP contribution in [0.4, 0.5) is 4.39 Å². The second-order valence-electron chi connectivity index (χ2n) is 8.20. The molecule has 2 bridgehead atoms. The lowest BCUT2D eigenvalue weighted by atomic mass is 9.86. The number of aromatic hydroxyl groups is 1. The van der Waals surface area contributed by atoms with Gasteiger partial charge in [-0.15, -0.1) is 10.2 Å². The summed E-state index contributed by atoms with van der Waals surface area (Å²) in [6.07, 6.45) is 8.16. The van der Waals surface area contributed by atoms with E-state index in [1.807, 2.05) is 31.2 Å². The predicted octanol–water partition coefficient (Wildman–Crippen LogP) is 3.73. The van der Waals surface area contributed by atoms with Crippen molar-refractivity contribution < 1.29 is 14.2 Å². The second-order valence-corrected chi connectivity index (χ2v) is 8.20. The number of halogens is 1. The summed E-state index contributed by atoms with van der Waals surface area (Å²) in [7, 11) is 1.55. The van der Waals surface area contributed by atoms with Gasteiger partial charge < -0.3 is 9.84 Å². The number of nitrogens with one attached hydrogen (secondary N) is 1. The summed E-state index contributed by atoms with van der Waals surface area (Å²) in [6.45, 7) is 1.85. The molecule has 3 atom stereocenters. The lowest BCUT2D eigenvalue weighted by molar-refractivity contribution is 0.210. The molecule has 0 aliphatic carbocycles. The summed E-state index contributed by atoms with van der Waals surface area (Å²) in [5.41, 5.74) is 2.58. The van der Waals surface area contributed by atoms with Crippen LogP contribution in [0.15, 0.2) is 60.5 Å². The number of aromatic nitrogens is 4. The van der Waals surface area contributed by atoms with Crippen molar-refractivity contribution in [3.05, 3.63) is 66.3 Å². The van der Waals surface area contributed by atoms with E-state index in [-0.39, 0.29) is 11.8 Å². The number of alkyl halides is 1. The Balaban J connectivity index is 1.38. The molecule has 1 unspecified atom stereocenters. The number of hydrogen-bond donors (Lipinski definition) is 2. The molecule has 0 spiro atoms. The minimum atomic E-state index is -1.15. The number of nitrogens with zero attached hydrogens (tertiary/aromatic N) is 4. The SMILES string of the molecule is COc1cc(-c2ccc(-c3cnc(/C=C4\CC5C=C[C@](C)(N5)[C@@H]4F)nn3)c(O)c2)ccn1. The third-order valence-corrected chi connectivity index (χ3v) is 5.92. The Morgan fingerprint density at radius 2 is 2.03 bits per heavy atom. The standard InChI is InChI=1S/C24H22FN5O2/c1-24-7-5-17(28-24)9-16(23(24)25)11-21-27-13-19(29-30-21)18-4-3-14(10-20(18)31)15-6-8-26-22(12-15)32-2/h3-8,10-13,17,23,28,31H,9H2,1-2H3/b16-11+/t17?,23-,24+/m1/s1. The zero-order chi connectivity index (χ0) is 22.3. The van der Waals surface area contributed by atoms with Crippen molar-refractivity contribution >= 4 is 6.08 Å². The number of piperidine rings is 1. The van der Waals surface area contributed by atoms with Crippen LogP contribution < -0.4 is 10.1 Å².